The van der Waals surface area contributed by atoms with Gasteiger partial charge in [-0.1, -0.05) is 6.92 Å². The third-order valence-electron chi connectivity index (χ3n) is 5.38. The fourth-order valence-electron chi connectivity index (χ4n) is 3.74. The summed E-state index contributed by atoms with van der Waals surface area (Å²) in [5, 5.41) is 12.4. The minimum atomic E-state index is -0.985. The molecular weight excluding hydrogens is 318 g/mol. The van der Waals surface area contributed by atoms with Crippen LogP contribution in [0.5, 0.6) is 5.75 Å². The summed E-state index contributed by atoms with van der Waals surface area (Å²) in [5.41, 5.74) is 2.46. The highest BCUT2D eigenvalue weighted by molar-refractivity contribution is 5.88. The third kappa shape index (κ3) is 2.80. The number of carboxylic acids is 1. The van der Waals surface area contributed by atoms with Crippen molar-refractivity contribution in [1.82, 2.24) is 14.9 Å². The van der Waals surface area contributed by atoms with Crippen molar-refractivity contribution in [3.63, 3.8) is 0 Å². The van der Waals surface area contributed by atoms with Crippen molar-refractivity contribution in [3.05, 3.63) is 29.6 Å². The molecule has 2 N–H and O–H groups in total. The molecule has 1 saturated carbocycles. The second-order valence-electron chi connectivity index (χ2n) is 6.64. The van der Waals surface area contributed by atoms with Crippen LogP contribution in [0.15, 0.2) is 18.2 Å². The monoisotopic (exact) mass is 343 g/mol. The molecule has 3 rings (SSSR count). The van der Waals surface area contributed by atoms with Gasteiger partial charge >= 0.3 is 5.97 Å². The van der Waals surface area contributed by atoms with Gasteiger partial charge in [0.05, 0.1) is 23.2 Å². The van der Waals surface area contributed by atoms with Crippen LogP contribution in [0.25, 0.3) is 17.1 Å². The first-order valence-electron chi connectivity index (χ1n) is 8.66. The lowest BCUT2D eigenvalue weighted by Gasteiger charge is -2.47. The summed E-state index contributed by atoms with van der Waals surface area (Å²) in [7, 11) is 4.01. The van der Waals surface area contributed by atoms with E-state index >= 15 is 0 Å². The minimum absolute atomic E-state index is 0.101. The Morgan fingerprint density at radius 3 is 2.84 bits per heavy atom. The predicted octanol–water partition coefficient (Wildman–Crippen LogP) is 2.91. The molecular formula is C19H25N3O3. The van der Waals surface area contributed by atoms with Crippen LogP contribution in [-0.2, 0) is 17.4 Å². The predicted molar refractivity (Wildman–Crippen MR) is 97.7 cm³/mol. The van der Waals surface area contributed by atoms with Gasteiger partial charge in [-0.15, -0.1) is 0 Å². The first kappa shape index (κ1) is 17.5. The van der Waals surface area contributed by atoms with Gasteiger partial charge in [-0.25, -0.2) is 9.78 Å². The molecule has 1 fully saturated rings. The standard InChI is InChI=1S/C19H25N3O3/c1-5-25-16-11-15-14(10-13(16)6-7-17(23)24)21-18(22(15)4)19(20-3)9-8-12(19)2/h6-7,10-12,20H,5,8-9H2,1-4H3,(H,23,24)/b7-6+/t12-,19?/m1/s1. The average Bonchev–Trinajstić information content (AvgIpc) is 2.89. The Labute approximate surface area is 147 Å². The Hall–Kier alpha value is -2.34. The van der Waals surface area contributed by atoms with E-state index in [0.29, 0.717) is 18.3 Å². The first-order valence-corrected chi connectivity index (χ1v) is 8.66. The van der Waals surface area contributed by atoms with Crippen LogP contribution in [0.2, 0.25) is 0 Å². The summed E-state index contributed by atoms with van der Waals surface area (Å²) in [5.74, 6) is 1.22. The van der Waals surface area contributed by atoms with Crippen molar-refractivity contribution in [1.29, 1.82) is 0 Å². The number of aryl methyl sites for hydroxylation is 1. The largest absolute Gasteiger partial charge is 0.493 e. The Balaban J connectivity index is 2.15. The molecule has 6 heteroatoms. The van der Waals surface area contributed by atoms with Crippen LogP contribution >= 0.6 is 0 Å². The molecule has 0 radical (unpaired) electrons. The molecule has 2 aromatic rings. The van der Waals surface area contributed by atoms with Gasteiger partial charge in [0, 0.05) is 24.8 Å². The summed E-state index contributed by atoms with van der Waals surface area (Å²) in [4.78, 5) is 15.7. The zero-order valence-electron chi connectivity index (χ0n) is 15.2. The van der Waals surface area contributed by atoms with Crippen LogP contribution in [0.4, 0.5) is 0 Å². The summed E-state index contributed by atoms with van der Waals surface area (Å²) in [6.45, 7) is 4.67. The van der Waals surface area contributed by atoms with Gasteiger partial charge in [0.1, 0.15) is 11.6 Å². The van der Waals surface area contributed by atoms with E-state index in [-0.39, 0.29) is 5.54 Å². The molecule has 1 aromatic carbocycles. The molecule has 0 bridgehead atoms. The number of hydrogen-bond donors (Lipinski definition) is 2. The quantitative estimate of drug-likeness (QED) is 0.789. The van der Waals surface area contributed by atoms with Crippen LogP contribution in [0.1, 0.15) is 38.1 Å². The molecule has 1 heterocycles. The number of ether oxygens (including phenoxy) is 1. The van der Waals surface area contributed by atoms with E-state index in [1.807, 2.05) is 33.2 Å². The number of carbonyl (C=O) groups is 1. The van der Waals surface area contributed by atoms with Gasteiger partial charge in [-0.05, 0) is 44.9 Å². The number of nitrogens with one attached hydrogen (secondary N) is 1. The number of carboxylic acid groups (broad SMARTS) is 1. The van der Waals surface area contributed by atoms with Crippen molar-refractivity contribution in [2.75, 3.05) is 13.7 Å². The Morgan fingerprint density at radius 1 is 1.56 bits per heavy atom. The van der Waals surface area contributed by atoms with Crippen molar-refractivity contribution in [2.45, 2.75) is 32.2 Å². The van der Waals surface area contributed by atoms with E-state index in [1.54, 1.807) is 6.08 Å². The maximum atomic E-state index is 10.9. The number of fused-ring (bicyclic) bond motifs is 1. The van der Waals surface area contributed by atoms with Crippen molar-refractivity contribution in [3.8, 4) is 5.75 Å². The highest BCUT2D eigenvalue weighted by atomic mass is 16.5. The number of hydrogen-bond acceptors (Lipinski definition) is 4. The number of nitrogens with zero attached hydrogens (tertiary/aromatic N) is 2. The zero-order valence-corrected chi connectivity index (χ0v) is 15.2. The van der Waals surface area contributed by atoms with Crippen molar-refractivity contribution < 1.29 is 14.6 Å². The SMILES string of the molecule is CCOc1cc2c(cc1/C=C/C(=O)O)nc(C1(NC)CC[C@H]1C)n2C. The first-order chi connectivity index (χ1) is 11.9. The molecule has 1 aromatic heterocycles. The summed E-state index contributed by atoms with van der Waals surface area (Å²) in [6.07, 6.45) is 4.92. The lowest BCUT2D eigenvalue weighted by Crippen LogP contribution is -2.54. The van der Waals surface area contributed by atoms with Crippen LogP contribution < -0.4 is 10.1 Å². The van der Waals surface area contributed by atoms with E-state index < -0.39 is 5.97 Å². The lowest BCUT2D eigenvalue weighted by atomic mass is 9.67. The number of aliphatic carboxylic acids is 1. The summed E-state index contributed by atoms with van der Waals surface area (Å²) in [6, 6.07) is 3.85. The topological polar surface area (TPSA) is 76.4 Å². The Bertz CT molecular complexity index is 836. The smallest absolute Gasteiger partial charge is 0.328 e. The summed E-state index contributed by atoms with van der Waals surface area (Å²) < 4.78 is 7.83. The van der Waals surface area contributed by atoms with Gasteiger partial charge < -0.3 is 19.7 Å². The minimum Gasteiger partial charge on any atom is -0.493 e. The second kappa shape index (κ2) is 6.52. The number of benzene rings is 1. The van der Waals surface area contributed by atoms with Gasteiger partial charge in [0.25, 0.3) is 0 Å². The molecule has 134 valence electrons. The van der Waals surface area contributed by atoms with E-state index in [4.69, 9.17) is 14.8 Å². The zero-order chi connectivity index (χ0) is 18.2. The fraction of sp³-hybridized carbons (Fsp3) is 0.474. The average molecular weight is 343 g/mol. The molecule has 0 saturated heterocycles. The van der Waals surface area contributed by atoms with Crippen molar-refractivity contribution >= 4 is 23.1 Å². The number of imidazole rings is 1. The van der Waals surface area contributed by atoms with Crippen molar-refractivity contribution in [2.24, 2.45) is 13.0 Å². The number of rotatable bonds is 6. The highest BCUT2D eigenvalue weighted by Gasteiger charge is 2.47. The van der Waals surface area contributed by atoms with Crippen LogP contribution in [0.3, 0.4) is 0 Å². The second-order valence-corrected chi connectivity index (χ2v) is 6.64. The van der Waals surface area contributed by atoms with Crippen LogP contribution in [0, 0.1) is 5.92 Å². The Kier molecular flexibility index (Phi) is 4.56. The maximum Gasteiger partial charge on any atom is 0.328 e. The summed E-state index contributed by atoms with van der Waals surface area (Å²) >= 11 is 0. The van der Waals surface area contributed by atoms with E-state index in [1.165, 1.54) is 6.42 Å². The molecule has 6 nitrogen and oxygen atoms in total. The van der Waals surface area contributed by atoms with Crippen LogP contribution in [-0.4, -0.2) is 34.3 Å². The highest BCUT2D eigenvalue weighted by Crippen LogP contribution is 2.46. The van der Waals surface area contributed by atoms with Gasteiger partial charge in [-0.2, -0.15) is 0 Å². The molecule has 0 amide bonds. The van der Waals surface area contributed by atoms with Gasteiger partial charge in [0.2, 0.25) is 0 Å². The number of aromatic nitrogens is 2. The molecule has 0 aliphatic heterocycles. The molecule has 25 heavy (non-hydrogen) atoms. The molecule has 1 unspecified atom stereocenters. The Morgan fingerprint density at radius 2 is 2.32 bits per heavy atom. The van der Waals surface area contributed by atoms with E-state index in [0.717, 1.165) is 34.9 Å². The molecule has 1 aliphatic rings. The molecule has 1 aliphatic carbocycles. The normalized spacial score (nSPS) is 23.1. The van der Waals surface area contributed by atoms with Gasteiger partial charge in [-0.3, -0.25) is 0 Å². The van der Waals surface area contributed by atoms with E-state index in [9.17, 15) is 4.79 Å². The lowest BCUT2D eigenvalue weighted by molar-refractivity contribution is -0.131. The van der Waals surface area contributed by atoms with E-state index in [2.05, 4.69) is 16.8 Å². The molecule has 0 spiro atoms. The fourth-order valence-corrected chi connectivity index (χ4v) is 3.74. The third-order valence-corrected chi connectivity index (χ3v) is 5.38. The maximum absolute atomic E-state index is 10.9. The van der Waals surface area contributed by atoms with Gasteiger partial charge in [0.15, 0.2) is 0 Å². The molecule has 2 atom stereocenters.